The molecule has 0 aromatic heterocycles. The van der Waals surface area contributed by atoms with Crippen molar-refractivity contribution >= 4 is 11.9 Å². The predicted molar refractivity (Wildman–Crippen MR) is 115 cm³/mol. The minimum Gasteiger partial charge on any atom is -0.491 e. The number of guanidine groups is 1. The maximum atomic E-state index is 12.2. The lowest BCUT2D eigenvalue weighted by atomic mass is 10.0. The molecule has 1 aromatic carbocycles. The molecule has 2 N–H and O–H groups in total. The van der Waals surface area contributed by atoms with Crippen molar-refractivity contribution in [1.29, 1.82) is 0 Å². The minimum atomic E-state index is 0.0477. The highest BCUT2D eigenvalue weighted by molar-refractivity contribution is 5.81. The maximum Gasteiger partial charge on any atom is 0.225 e. The van der Waals surface area contributed by atoms with Crippen LogP contribution in [0.5, 0.6) is 5.75 Å². The lowest BCUT2D eigenvalue weighted by Crippen LogP contribution is -2.45. The van der Waals surface area contributed by atoms with Crippen molar-refractivity contribution in [2.45, 2.75) is 53.0 Å². The van der Waals surface area contributed by atoms with E-state index in [1.165, 1.54) is 5.56 Å². The zero-order valence-electron chi connectivity index (χ0n) is 18.0. The molecule has 1 aliphatic rings. The molecule has 156 valence electrons. The van der Waals surface area contributed by atoms with Gasteiger partial charge in [-0.25, -0.2) is 4.99 Å². The average molecular weight is 389 g/mol. The molecule has 0 aliphatic carbocycles. The summed E-state index contributed by atoms with van der Waals surface area (Å²) in [6.07, 6.45) is 0.946. The largest absolute Gasteiger partial charge is 0.491 e. The number of para-hydroxylation sites is 1. The Balaban J connectivity index is 1.85. The Hall–Kier alpha value is -2.24. The van der Waals surface area contributed by atoms with E-state index in [2.05, 4.69) is 42.5 Å². The van der Waals surface area contributed by atoms with Gasteiger partial charge in [-0.3, -0.25) is 4.79 Å². The summed E-state index contributed by atoms with van der Waals surface area (Å²) in [7, 11) is 0. The molecule has 0 spiro atoms. The summed E-state index contributed by atoms with van der Waals surface area (Å²) < 4.78 is 5.96. The second-order valence-corrected chi connectivity index (χ2v) is 7.87. The lowest BCUT2D eigenvalue weighted by molar-refractivity contribution is -0.133. The maximum absolute atomic E-state index is 12.2. The highest BCUT2D eigenvalue weighted by Crippen LogP contribution is 2.25. The van der Waals surface area contributed by atoms with Gasteiger partial charge in [-0.2, -0.15) is 0 Å². The van der Waals surface area contributed by atoms with E-state index >= 15 is 0 Å². The summed E-state index contributed by atoms with van der Waals surface area (Å²) in [5, 5.41) is 6.74. The molecule has 1 aliphatic heterocycles. The molecule has 1 amide bonds. The number of nitrogens with one attached hydrogen (secondary N) is 2. The topological polar surface area (TPSA) is 66.0 Å². The van der Waals surface area contributed by atoms with Gasteiger partial charge in [-0.15, -0.1) is 0 Å². The summed E-state index contributed by atoms with van der Waals surface area (Å²) >= 11 is 0. The van der Waals surface area contributed by atoms with Crippen LogP contribution in [-0.4, -0.2) is 55.6 Å². The smallest absolute Gasteiger partial charge is 0.225 e. The predicted octanol–water partition coefficient (Wildman–Crippen LogP) is 3.00. The van der Waals surface area contributed by atoms with Gasteiger partial charge in [0.25, 0.3) is 0 Å². The lowest BCUT2D eigenvalue weighted by Gasteiger charge is -2.20. The van der Waals surface area contributed by atoms with Crippen LogP contribution in [-0.2, 0) is 4.79 Å². The fourth-order valence-electron chi connectivity index (χ4n) is 3.36. The van der Waals surface area contributed by atoms with Crippen LogP contribution in [0.2, 0.25) is 0 Å². The van der Waals surface area contributed by atoms with E-state index in [9.17, 15) is 4.79 Å². The van der Waals surface area contributed by atoms with E-state index in [1.54, 1.807) is 0 Å². The minimum absolute atomic E-state index is 0.0477. The highest BCUT2D eigenvalue weighted by atomic mass is 16.5. The summed E-state index contributed by atoms with van der Waals surface area (Å²) in [6.45, 7) is 13.7. The van der Waals surface area contributed by atoms with Gasteiger partial charge in [0.1, 0.15) is 12.4 Å². The first-order chi connectivity index (χ1) is 13.4. The number of aliphatic imine (C=N–C) groups is 1. The Labute approximate surface area is 169 Å². The molecule has 2 rings (SSSR count). The standard InChI is InChI=1S/C22H36N4O2/c1-6-23-22(25-18-11-13-26(15-18)21(27)17(4)5)24-12-14-28-20-10-8-7-9-19(20)16(2)3/h7-10,16-18H,6,11-15H2,1-5H3,(H2,23,24,25). The Morgan fingerprint density at radius 1 is 1.29 bits per heavy atom. The van der Waals surface area contributed by atoms with Crippen molar-refractivity contribution in [2.75, 3.05) is 32.8 Å². The number of nitrogens with zero attached hydrogens (tertiary/aromatic N) is 2. The Bertz CT molecular complexity index is 658. The molecule has 1 fully saturated rings. The normalized spacial score (nSPS) is 17.3. The summed E-state index contributed by atoms with van der Waals surface area (Å²) in [4.78, 5) is 18.7. The molecular weight excluding hydrogens is 352 g/mol. The van der Waals surface area contributed by atoms with E-state index in [0.717, 1.165) is 37.8 Å². The van der Waals surface area contributed by atoms with Crippen molar-refractivity contribution in [1.82, 2.24) is 15.5 Å². The molecule has 0 saturated carbocycles. The fraction of sp³-hybridized carbons (Fsp3) is 0.636. The quantitative estimate of drug-likeness (QED) is 0.408. The van der Waals surface area contributed by atoms with Crippen LogP contribution in [0.3, 0.4) is 0 Å². The zero-order chi connectivity index (χ0) is 20.5. The first-order valence-electron chi connectivity index (χ1n) is 10.5. The van der Waals surface area contributed by atoms with E-state index in [4.69, 9.17) is 4.74 Å². The van der Waals surface area contributed by atoms with Gasteiger partial charge in [0.15, 0.2) is 5.96 Å². The van der Waals surface area contributed by atoms with E-state index in [1.807, 2.05) is 36.9 Å². The Morgan fingerprint density at radius 3 is 2.71 bits per heavy atom. The molecule has 1 heterocycles. The molecular formula is C22H36N4O2. The SMILES string of the molecule is CCNC(=NCCOc1ccccc1C(C)C)NC1CCN(C(=O)C(C)C)C1. The van der Waals surface area contributed by atoms with Crippen molar-refractivity contribution < 1.29 is 9.53 Å². The molecule has 1 aromatic rings. The Morgan fingerprint density at radius 2 is 2.04 bits per heavy atom. The number of likely N-dealkylation sites (tertiary alicyclic amines) is 1. The van der Waals surface area contributed by atoms with Gasteiger partial charge in [-0.1, -0.05) is 45.9 Å². The van der Waals surface area contributed by atoms with Crippen molar-refractivity contribution in [3.63, 3.8) is 0 Å². The third kappa shape index (κ3) is 6.43. The number of amides is 1. The second-order valence-electron chi connectivity index (χ2n) is 7.87. The third-order valence-corrected chi connectivity index (χ3v) is 4.84. The fourth-order valence-corrected chi connectivity index (χ4v) is 3.36. The van der Waals surface area contributed by atoms with Crippen LogP contribution in [0.15, 0.2) is 29.3 Å². The van der Waals surface area contributed by atoms with Crippen molar-refractivity contribution in [3.05, 3.63) is 29.8 Å². The second kappa shape index (κ2) is 10.9. The van der Waals surface area contributed by atoms with Gasteiger partial charge >= 0.3 is 0 Å². The van der Waals surface area contributed by atoms with E-state index in [0.29, 0.717) is 19.1 Å². The zero-order valence-corrected chi connectivity index (χ0v) is 18.0. The summed E-state index contributed by atoms with van der Waals surface area (Å²) in [5.74, 6) is 2.42. The van der Waals surface area contributed by atoms with Crippen LogP contribution >= 0.6 is 0 Å². The molecule has 1 atom stereocenters. The van der Waals surface area contributed by atoms with Gasteiger partial charge < -0.3 is 20.3 Å². The van der Waals surface area contributed by atoms with Crippen molar-refractivity contribution in [2.24, 2.45) is 10.9 Å². The third-order valence-electron chi connectivity index (χ3n) is 4.84. The first-order valence-corrected chi connectivity index (χ1v) is 10.5. The number of hydrogen-bond donors (Lipinski definition) is 2. The van der Waals surface area contributed by atoms with Crippen LogP contribution in [0.25, 0.3) is 0 Å². The van der Waals surface area contributed by atoms with E-state index in [-0.39, 0.29) is 17.9 Å². The van der Waals surface area contributed by atoms with Crippen LogP contribution in [0.4, 0.5) is 0 Å². The summed E-state index contributed by atoms with van der Waals surface area (Å²) in [6, 6.07) is 8.41. The number of benzene rings is 1. The van der Waals surface area contributed by atoms with Crippen molar-refractivity contribution in [3.8, 4) is 5.75 Å². The first kappa shape index (κ1) is 22.1. The van der Waals surface area contributed by atoms with Gasteiger partial charge in [0, 0.05) is 31.6 Å². The van der Waals surface area contributed by atoms with E-state index < -0.39 is 0 Å². The number of carbonyl (C=O) groups is 1. The number of rotatable bonds is 8. The van der Waals surface area contributed by atoms with Gasteiger partial charge in [0.05, 0.1) is 6.54 Å². The Kier molecular flexibility index (Phi) is 8.61. The molecule has 0 bridgehead atoms. The highest BCUT2D eigenvalue weighted by Gasteiger charge is 2.27. The summed E-state index contributed by atoms with van der Waals surface area (Å²) in [5.41, 5.74) is 1.22. The molecule has 1 saturated heterocycles. The molecule has 1 unspecified atom stereocenters. The number of hydrogen-bond acceptors (Lipinski definition) is 3. The molecule has 6 nitrogen and oxygen atoms in total. The number of carbonyl (C=O) groups excluding carboxylic acids is 1. The molecule has 0 radical (unpaired) electrons. The monoisotopic (exact) mass is 388 g/mol. The molecule has 28 heavy (non-hydrogen) atoms. The van der Waals surface area contributed by atoms with Crippen LogP contribution in [0, 0.1) is 5.92 Å². The van der Waals surface area contributed by atoms with Gasteiger partial charge in [-0.05, 0) is 30.9 Å². The molecule has 6 heteroatoms. The van der Waals surface area contributed by atoms with Crippen LogP contribution in [0.1, 0.15) is 52.5 Å². The van der Waals surface area contributed by atoms with Crippen LogP contribution < -0.4 is 15.4 Å². The average Bonchev–Trinajstić information content (AvgIpc) is 3.13. The number of ether oxygens (including phenoxy) is 1. The van der Waals surface area contributed by atoms with Gasteiger partial charge in [0.2, 0.25) is 5.91 Å².